The monoisotopic (exact) mass is 364 g/mol. The van der Waals surface area contributed by atoms with Crippen LogP contribution in [0.3, 0.4) is 0 Å². The molecule has 27 heavy (non-hydrogen) atoms. The van der Waals surface area contributed by atoms with E-state index in [1.807, 2.05) is 36.4 Å². The van der Waals surface area contributed by atoms with Crippen LogP contribution in [-0.4, -0.2) is 40.9 Å². The summed E-state index contributed by atoms with van der Waals surface area (Å²) < 4.78 is 17.8. The van der Waals surface area contributed by atoms with Gasteiger partial charge < -0.3 is 19.5 Å². The average molecular weight is 364 g/mol. The first-order valence-electron chi connectivity index (χ1n) is 8.29. The molecule has 4 rings (SSSR count). The van der Waals surface area contributed by atoms with E-state index in [9.17, 15) is 0 Å². The molecule has 8 nitrogen and oxygen atoms in total. The minimum Gasteiger partial charge on any atom is -0.497 e. The molecule has 0 unspecified atom stereocenters. The van der Waals surface area contributed by atoms with E-state index in [2.05, 4.69) is 26.7 Å². The molecular weight excluding hydrogens is 346 g/mol. The molecule has 0 amide bonds. The summed E-state index contributed by atoms with van der Waals surface area (Å²) in [5.74, 6) is 2.66. The van der Waals surface area contributed by atoms with Gasteiger partial charge in [0.25, 0.3) is 0 Å². The number of para-hydroxylation sites is 1. The van der Waals surface area contributed by atoms with Crippen LogP contribution < -0.4 is 19.5 Å². The maximum Gasteiger partial charge on any atom is 0.226 e. The van der Waals surface area contributed by atoms with Crippen molar-refractivity contribution in [3.63, 3.8) is 0 Å². The third-order valence-electron chi connectivity index (χ3n) is 4.31. The fourth-order valence-electron chi connectivity index (χ4n) is 2.95. The van der Waals surface area contributed by atoms with Crippen molar-refractivity contribution in [2.45, 2.75) is 6.54 Å². The number of aromatic nitrogens is 4. The van der Waals surface area contributed by atoms with Crippen LogP contribution in [0.4, 0.5) is 5.95 Å². The quantitative estimate of drug-likeness (QED) is 0.563. The standard InChI is InChI=1S/C19H18N5O3/c1-25-13-8-7-12(16(9-13)27-3)10-20-19-23-17-14(5-4-6-15(17)26-2)18-21-11-22-24(18)19/h4-9H,10H2,1-3H3,(H,20,23). The van der Waals surface area contributed by atoms with Gasteiger partial charge in [0.05, 0.1) is 21.3 Å². The first-order chi connectivity index (χ1) is 13.2. The molecule has 0 aliphatic carbocycles. The lowest BCUT2D eigenvalue weighted by Gasteiger charge is -2.13. The molecule has 2 aromatic heterocycles. The number of anilines is 1. The van der Waals surface area contributed by atoms with Crippen molar-refractivity contribution < 1.29 is 14.2 Å². The highest BCUT2D eigenvalue weighted by atomic mass is 16.5. The van der Waals surface area contributed by atoms with Gasteiger partial charge in [0.2, 0.25) is 12.3 Å². The van der Waals surface area contributed by atoms with Crippen LogP contribution in [0.2, 0.25) is 0 Å². The summed E-state index contributed by atoms with van der Waals surface area (Å²) in [5, 5.41) is 8.31. The van der Waals surface area contributed by atoms with E-state index in [-0.39, 0.29) is 0 Å². The van der Waals surface area contributed by atoms with Crippen molar-refractivity contribution >= 4 is 22.5 Å². The SMILES string of the molecule is COc1ccc(CNc2nc3c(OC)cccc3c3n[c]nn23)c(OC)c1. The minimum atomic E-state index is 0.482. The molecule has 0 aliphatic heterocycles. The van der Waals surface area contributed by atoms with E-state index in [0.717, 1.165) is 22.4 Å². The van der Waals surface area contributed by atoms with Gasteiger partial charge in [-0.3, -0.25) is 0 Å². The molecular formula is C19H18N5O3. The summed E-state index contributed by atoms with van der Waals surface area (Å²) in [5.41, 5.74) is 2.32. The van der Waals surface area contributed by atoms with Crippen molar-refractivity contribution in [2.24, 2.45) is 0 Å². The van der Waals surface area contributed by atoms with E-state index in [4.69, 9.17) is 14.2 Å². The summed E-state index contributed by atoms with van der Waals surface area (Å²) >= 11 is 0. The summed E-state index contributed by atoms with van der Waals surface area (Å²) in [4.78, 5) is 8.93. The Balaban J connectivity index is 1.74. The van der Waals surface area contributed by atoms with Crippen molar-refractivity contribution in [1.29, 1.82) is 0 Å². The summed E-state index contributed by atoms with van der Waals surface area (Å²) in [6.45, 7) is 0.482. The highest BCUT2D eigenvalue weighted by Gasteiger charge is 2.14. The second kappa shape index (κ2) is 6.99. The lowest BCUT2D eigenvalue weighted by Crippen LogP contribution is -2.09. The molecule has 0 bridgehead atoms. The van der Waals surface area contributed by atoms with Gasteiger partial charge in [-0.2, -0.15) is 4.52 Å². The zero-order valence-corrected chi connectivity index (χ0v) is 15.2. The van der Waals surface area contributed by atoms with Crippen LogP contribution >= 0.6 is 0 Å². The number of fused-ring (bicyclic) bond motifs is 3. The third kappa shape index (κ3) is 2.95. The molecule has 2 heterocycles. The Bertz CT molecular complexity index is 1110. The Morgan fingerprint density at radius 1 is 1.04 bits per heavy atom. The zero-order valence-electron chi connectivity index (χ0n) is 15.2. The molecule has 0 saturated heterocycles. The molecule has 137 valence electrons. The van der Waals surface area contributed by atoms with Gasteiger partial charge in [-0.25, -0.2) is 9.97 Å². The first-order valence-corrected chi connectivity index (χ1v) is 8.29. The molecule has 0 fully saturated rings. The normalized spacial score (nSPS) is 10.9. The summed E-state index contributed by atoms with van der Waals surface area (Å²) in [6, 6.07) is 11.4. The van der Waals surface area contributed by atoms with Crippen molar-refractivity contribution in [1.82, 2.24) is 19.6 Å². The van der Waals surface area contributed by atoms with Crippen molar-refractivity contribution in [3.8, 4) is 17.2 Å². The second-order valence-corrected chi connectivity index (χ2v) is 5.77. The highest BCUT2D eigenvalue weighted by molar-refractivity contribution is 5.95. The Morgan fingerprint density at radius 3 is 2.67 bits per heavy atom. The maximum absolute atomic E-state index is 5.45. The molecule has 0 spiro atoms. The maximum atomic E-state index is 5.45. The zero-order chi connectivity index (χ0) is 18.8. The van der Waals surface area contributed by atoms with Gasteiger partial charge in [-0.1, -0.05) is 6.07 Å². The van der Waals surface area contributed by atoms with Crippen molar-refractivity contribution in [3.05, 3.63) is 48.3 Å². The number of methoxy groups -OCH3 is 3. The van der Waals surface area contributed by atoms with Gasteiger partial charge in [-0.05, 0) is 24.3 Å². The number of ether oxygens (including phenoxy) is 3. The lowest BCUT2D eigenvalue weighted by molar-refractivity contribution is 0.391. The molecule has 4 aromatic rings. The molecule has 1 N–H and O–H groups in total. The Morgan fingerprint density at radius 2 is 1.89 bits per heavy atom. The van der Waals surface area contributed by atoms with Gasteiger partial charge in [0.15, 0.2) is 5.65 Å². The van der Waals surface area contributed by atoms with Crippen LogP contribution in [0.1, 0.15) is 5.56 Å². The van der Waals surface area contributed by atoms with Crippen molar-refractivity contribution in [2.75, 3.05) is 26.6 Å². The van der Waals surface area contributed by atoms with E-state index >= 15 is 0 Å². The fourth-order valence-corrected chi connectivity index (χ4v) is 2.95. The number of hydrogen-bond acceptors (Lipinski definition) is 7. The first kappa shape index (κ1) is 16.9. The highest BCUT2D eigenvalue weighted by Crippen LogP contribution is 2.29. The van der Waals surface area contributed by atoms with Crippen LogP contribution in [0.25, 0.3) is 16.6 Å². The number of hydrogen-bond donors (Lipinski definition) is 1. The number of nitrogens with one attached hydrogen (secondary N) is 1. The predicted octanol–water partition coefficient (Wildman–Crippen LogP) is 2.72. The summed E-state index contributed by atoms with van der Waals surface area (Å²) in [7, 11) is 4.87. The molecule has 0 atom stereocenters. The molecule has 1 radical (unpaired) electrons. The van der Waals surface area contributed by atoms with Crippen LogP contribution in [0, 0.1) is 6.33 Å². The number of rotatable bonds is 6. The smallest absolute Gasteiger partial charge is 0.226 e. The molecule has 8 heteroatoms. The Hall–Kier alpha value is -3.55. The van der Waals surface area contributed by atoms with E-state index < -0.39 is 0 Å². The van der Waals surface area contributed by atoms with Gasteiger partial charge in [-0.15, -0.1) is 5.10 Å². The third-order valence-corrected chi connectivity index (χ3v) is 4.31. The summed E-state index contributed by atoms with van der Waals surface area (Å²) in [6.07, 6.45) is 2.64. The Labute approximate surface area is 155 Å². The van der Waals surface area contributed by atoms with Gasteiger partial charge in [0.1, 0.15) is 22.8 Å². The molecule has 0 saturated carbocycles. The van der Waals surface area contributed by atoms with Gasteiger partial charge >= 0.3 is 0 Å². The largest absolute Gasteiger partial charge is 0.497 e. The molecule has 0 aliphatic rings. The second-order valence-electron chi connectivity index (χ2n) is 5.77. The van der Waals surface area contributed by atoms with E-state index in [1.54, 1.807) is 25.8 Å². The van der Waals surface area contributed by atoms with E-state index in [1.165, 1.54) is 0 Å². The van der Waals surface area contributed by atoms with E-state index in [0.29, 0.717) is 29.4 Å². The number of benzene rings is 2. The number of nitrogens with zero attached hydrogens (tertiary/aromatic N) is 4. The predicted molar refractivity (Wildman–Crippen MR) is 101 cm³/mol. The van der Waals surface area contributed by atoms with Crippen LogP contribution in [0.15, 0.2) is 36.4 Å². The fraction of sp³-hybridized carbons (Fsp3) is 0.211. The molecule has 2 aromatic carbocycles. The Kier molecular flexibility index (Phi) is 4.37. The average Bonchev–Trinajstić information content (AvgIpc) is 3.21. The van der Waals surface area contributed by atoms with Crippen LogP contribution in [0.5, 0.6) is 17.2 Å². The van der Waals surface area contributed by atoms with Crippen LogP contribution in [-0.2, 0) is 6.54 Å². The van der Waals surface area contributed by atoms with Gasteiger partial charge in [0, 0.05) is 23.6 Å². The minimum absolute atomic E-state index is 0.482. The topological polar surface area (TPSA) is 82.8 Å². The lowest BCUT2D eigenvalue weighted by atomic mass is 10.2.